The molecule has 1 heterocycles. The van der Waals surface area contributed by atoms with E-state index in [1.54, 1.807) is 24.4 Å². The molecule has 1 aromatic carbocycles. The zero-order chi connectivity index (χ0) is 11.5. The summed E-state index contributed by atoms with van der Waals surface area (Å²) < 4.78 is 0. The van der Waals surface area contributed by atoms with Gasteiger partial charge in [0.2, 0.25) is 5.82 Å². The summed E-state index contributed by atoms with van der Waals surface area (Å²) in [5.74, 6) is -0.0870. The van der Waals surface area contributed by atoms with Crippen LogP contribution in [0.1, 0.15) is 17.5 Å². The molecular weight excluding hydrogens is 226 g/mol. The fraction of sp³-hybridized carbons (Fsp3) is 0.182. The minimum atomic E-state index is -0.264. The quantitative estimate of drug-likeness (QED) is 0.867. The van der Waals surface area contributed by atoms with Gasteiger partial charge in [-0.3, -0.25) is 4.79 Å². The van der Waals surface area contributed by atoms with Crippen LogP contribution < -0.4 is 5.32 Å². The van der Waals surface area contributed by atoms with Gasteiger partial charge in [0.25, 0.3) is 5.91 Å². The third-order valence-corrected chi connectivity index (χ3v) is 2.32. The molecule has 0 aliphatic rings. The molecule has 0 unspecified atom stereocenters. The molecule has 0 aliphatic carbocycles. The molecule has 0 saturated carbocycles. The number of benzene rings is 1. The summed E-state index contributed by atoms with van der Waals surface area (Å²) in [5.41, 5.74) is 0.709. The van der Waals surface area contributed by atoms with E-state index in [1.165, 1.54) is 0 Å². The largest absolute Gasteiger partial charge is 0.350 e. The van der Waals surface area contributed by atoms with Crippen molar-refractivity contribution in [2.45, 2.75) is 6.92 Å². The topological polar surface area (TPSA) is 54.9 Å². The summed E-state index contributed by atoms with van der Waals surface area (Å²) in [6.07, 6.45) is 1.60. The summed E-state index contributed by atoms with van der Waals surface area (Å²) in [6, 6.07) is 5.26. The fourth-order valence-corrected chi connectivity index (χ4v) is 1.53. The molecule has 5 heteroatoms. The van der Waals surface area contributed by atoms with Crippen molar-refractivity contribution in [1.82, 2.24) is 15.3 Å². The lowest BCUT2D eigenvalue weighted by atomic mass is 10.2. The van der Waals surface area contributed by atoms with Crippen LogP contribution in [0.15, 0.2) is 24.4 Å². The predicted molar refractivity (Wildman–Crippen MR) is 62.6 cm³/mol. The molecule has 0 spiro atoms. The molecule has 4 nitrogen and oxygen atoms in total. The minimum absolute atomic E-state index is 0.177. The summed E-state index contributed by atoms with van der Waals surface area (Å²) in [7, 11) is 0. The molecule has 16 heavy (non-hydrogen) atoms. The number of aromatic nitrogens is 2. The van der Waals surface area contributed by atoms with Crippen molar-refractivity contribution in [2.75, 3.05) is 6.54 Å². The Bertz CT molecular complexity index is 542. The average molecular weight is 236 g/mol. The number of rotatable bonds is 2. The second kappa shape index (κ2) is 4.45. The molecule has 82 valence electrons. The van der Waals surface area contributed by atoms with Crippen LogP contribution >= 0.6 is 11.6 Å². The van der Waals surface area contributed by atoms with Crippen molar-refractivity contribution in [3.63, 3.8) is 0 Å². The average Bonchev–Trinajstić information content (AvgIpc) is 2.28. The van der Waals surface area contributed by atoms with Crippen LogP contribution in [0, 0.1) is 0 Å². The van der Waals surface area contributed by atoms with Gasteiger partial charge in [-0.1, -0.05) is 11.6 Å². The number of fused-ring (bicyclic) bond motifs is 1. The van der Waals surface area contributed by atoms with Crippen LogP contribution in [-0.4, -0.2) is 22.4 Å². The standard InChI is InChI=1S/C11H10ClN3O/c1-2-13-11(16)10-14-6-7-5-8(12)3-4-9(7)15-10/h3-6H,2H2,1H3,(H,13,16). The van der Waals surface area contributed by atoms with Gasteiger partial charge in [0.15, 0.2) is 0 Å². The number of nitrogens with one attached hydrogen (secondary N) is 1. The fourth-order valence-electron chi connectivity index (χ4n) is 1.35. The van der Waals surface area contributed by atoms with Crippen LogP contribution in [0.2, 0.25) is 5.02 Å². The molecule has 0 atom stereocenters. The number of hydrogen-bond acceptors (Lipinski definition) is 3. The molecule has 0 bridgehead atoms. The molecule has 1 aromatic heterocycles. The highest BCUT2D eigenvalue weighted by Crippen LogP contribution is 2.16. The summed E-state index contributed by atoms with van der Waals surface area (Å²) in [6.45, 7) is 2.40. The Kier molecular flexibility index (Phi) is 3.01. The normalized spacial score (nSPS) is 10.4. The third kappa shape index (κ3) is 2.12. The minimum Gasteiger partial charge on any atom is -0.350 e. The molecule has 0 aliphatic heterocycles. The number of nitrogens with zero attached hydrogens (tertiary/aromatic N) is 2. The zero-order valence-corrected chi connectivity index (χ0v) is 9.45. The number of amides is 1. The summed E-state index contributed by atoms with van der Waals surface area (Å²) in [5, 5.41) is 4.09. The van der Waals surface area contributed by atoms with Crippen LogP contribution in [0.25, 0.3) is 10.9 Å². The molecule has 0 radical (unpaired) electrons. The predicted octanol–water partition coefficient (Wildman–Crippen LogP) is 2.03. The SMILES string of the molecule is CCNC(=O)c1ncc2cc(Cl)ccc2n1. The maximum atomic E-state index is 11.5. The van der Waals surface area contributed by atoms with Crippen LogP contribution in [0.5, 0.6) is 0 Å². The lowest BCUT2D eigenvalue weighted by molar-refractivity contribution is 0.0946. The van der Waals surface area contributed by atoms with Gasteiger partial charge in [-0.15, -0.1) is 0 Å². The Morgan fingerprint density at radius 3 is 3.06 bits per heavy atom. The van der Waals surface area contributed by atoms with E-state index in [2.05, 4.69) is 15.3 Å². The van der Waals surface area contributed by atoms with Crippen LogP contribution in [0.3, 0.4) is 0 Å². The van der Waals surface area contributed by atoms with Gasteiger partial charge in [0, 0.05) is 23.2 Å². The first kappa shape index (κ1) is 10.8. The first-order valence-corrected chi connectivity index (χ1v) is 5.29. The Labute approximate surface area is 97.7 Å². The van der Waals surface area contributed by atoms with E-state index in [4.69, 9.17) is 11.6 Å². The van der Waals surface area contributed by atoms with E-state index in [0.29, 0.717) is 17.1 Å². The lowest BCUT2D eigenvalue weighted by Gasteiger charge is -2.02. The second-order valence-electron chi connectivity index (χ2n) is 3.26. The van der Waals surface area contributed by atoms with E-state index < -0.39 is 0 Å². The van der Waals surface area contributed by atoms with Crippen molar-refractivity contribution in [3.8, 4) is 0 Å². The molecule has 1 N–H and O–H groups in total. The van der Waals surface area contributed by atoms with Crippen molar-refractivity contribution >= 4 is 28.4 Å². The van der Waals surface area contributed by atoms with Crippen molar-refractivity contribution in [3.05, 3.63) is 35.2 Å². The van der Waals surface area contributed by atoms with Gasteiger partial charge in [-0.2, -0.15) is 0 Å². The van der Waals surface area contributed by atoms with Gasteiger partial charge in [-0.05, 0) is 25.1 Å². The van der Waals surface area contributed by atoms with E-state index in [1.807, 2.05) is 6.92 Å². The highest BCUT2D eigenvalue weighted by molar-refractivity contribution is 6.31. The van der Waals surface area contributed by atoms with Gasteiger partial charge in [0.1, 0.15) is 0 Å². The molecule has 1 amide bonds. The lowest BCUT2D eigenvalue weighted by Crippen LogP contribution is -2.24. The summed E-state index contributed by atoms with van der Waals surface area (Å²) >= 11 is 5.84. The smallest absolute Gasteiger partial charge is 0.289 e. The molecular formula is C11H10ClN3O. The van der Waals surface area contributed by atoms with Gasteiger partial charge >= 0.3 is 0 Å². The van der Waals surface area contributed by atoms with Crippen LogP contribution in [0.4, 0.5) is 0 Å². The van der Waals surface area contributed by atoms with E-state index in [9.17, 15) is 4.79 Å². The zero-order valence-electron chi connectivity index (χ0n) is 8.70. The van der Waals surface area contributed by atoms with E-state index in [-0.39, 0.29) is 11.7 Å². The number of carbonyl (C=O) groups excluding carboxylic acids is 1. The maximum absolute atomic E-state index is 11.5. The molecule has 2 rings (SSSR count). The Hall–Kier alpha value is -1.68. The van der Waals surface area contributed by atoms with E-state index in [0.717, 1.165) is 5.39 Å². The summed E-state index contributed by atoms with van der Waals surface area (Å²) in [4.78, 5) is 19.6. The molecule has 0 saturated heterocycles. The van der Waals surface area contributed by atoms with Crippen molar-refractivity contribution < 1.29 is 4.79 Å². The highest BCUT2D eigenvalue weighted by atomic mass is 35.5. The van der Waals surface area contributed by atoms with Gasteiger partial charge < -0.3 is 5.32 Å². The van der Waals surface area contributed by atoms with Crippen molar-refractivity contribution in [2.24, 2.45) is 0 Å². The molecule has 0 fully saturated rings. The maximum Gasteiger partial charge on any atom is 0.289 e. The van der Waals surface area contributed by atoms with Gasteiger partial charge in [0.05, 0.1) is 5.52 Å². The molecule has 2 aromatic rings. The van der Waals surface area contributed by atoms with E-state index >= 15 is 0 Å². The van der Waals surface area contributed by atoms with Gasteiger partial charge in [-0.25, -0.2) is 9.97 Å². The van der Waals surface area contributed by atoms with Crippen LogP contribution in [-0.2, 0) is 0 Å². The Morgan fingerprint density at radius 1 is 1.50 bits per heavy atom. The number of halogens is 1. The Morgan fingerprint density at radius 2 is 2.31 bits per heavy atom. The van der Waals surface area contributed by atoms with Crippen molar-refractivity contribution in [1.29, 1.82) is 0 Å². The first-order valence-electron chi connectivity index (χ1n) is 4.91. The third-order valence-electron chi connectivity index (χ3n) is 2.08. The number of carbonyl (C=O) groups is 1. The highest BCUT2D eigenvalue weighted by Gasteiger charge is 2.08. The second-order valence-corrected chi connectivity index (χ2v) is 3.69. The Balaban J connectivity index is 2.44. The monoisotopic (exact) mass is 235 g/mol. The first-order chi connectivity index (χ1) is 7.70. The number of hydrogen-bond donors (Lipinski definition) is 1.